The first-order valence-electron chi connectivity index (χ1n) is 7.83. The van der Waals surface area contributed by atoms with E-state index in [0.717, 1.165) is 32.3 Å². The molecule has 0 bridgehead atoms. The minimum Gasteiger partial charge on any atom is -0.380 e. The van der Waals surface area contributed by atoms with E-state index >= 15 is 0 Å². The van der Waals surface area contributed by atoms with Gasteiger partial charge < -0.3 is 15.0 Å². The highest BCUT2D eigenvalue weighted by molar-refractivity contribution is 4.73. The zero-order chi connectivity index (χ0) is 13.1. The third-order valence-electron chi connectivity index (χ3n) is 3.90. The van der Waals surface area contributed by atoms with Crippen LogP contribution in [0.4, 0.5) is 0 Å². The van der Waals surface area contributed by atoms with Crippen molar-refractivity contribution < 1.29 is 4.74 Å². The van der Waals surface area contributed by atoms with Crippen LogP contribution in [0.5, 0.6) is 0 Å². The molecule has 1 N–H and O–H groups in total. The van der Waals surface area contributed by atoms with Gasteiger partial charge in [-0.2, -0.15) is 0 Å². The smallest absolute Gasteiger partial charge is 0.0590 e. The number of ether oxygens (including phenoxy) is 1. The second-order valence-corrected chi connectivity index (χ2v) is 5.49. The molecule has 1 aliphatic rings. The summed E-state index contributed by atoms with van der Waals surface area (Å²) >= 11 is 0. The third kappa shape index (κ3) is 7.34. The molecule has 108 valence electrons. The van der Waals surface area contributed by atoms with Gasteiger partial charge in [-0.3, -0.25) is 0 Å². The van der Waals surface area contributed by atoms with Crippen molar-refractivity contribution in [2.45, 2.75) is 57.9 Å². The van der Waals surface area contributed by atoms with Crippen LogP contribution in [0.1, 0.15) is 51.9 Å². The fourth-order valence-corrected chi connectivity index (χ4v) is 2.58. The van der Waals surface area contributed by atoms with E-state index in [1.807, 2.05) is 0 Å². The molecule has 0 saturated heterocycles. The maximum atomic E-state index is 5.52. The summed E-state index contributed by atoms with van der Waals surface area (Å²) in [5, 5.41) is 3.47. The molecule has 0 spiro atoms. The summed E-state index contributed by atoms with van der Waals surface area (Å²) in [6.45, 7) is 7.21. The van der Waals surface area contributed by atoms with Crippen LogP contribution in [0.25, 0.3) is 0 Å². The van der Waals surface area contributed by atoms with Gasteiger partial charge in [-0.1, -0.05) is 32.6 Å². The number of rotatable bonds is 10. The average molecular weight is 256 g/mol. The first kappa shape index (κ1) is 15.9. The highest BCUT2D eigenvalue weighted by atomic mass is 16.5. The summed E-state index contributed by atoms with van der Waals surface area (Å²) in [6, 6.07) is 0.835. The van der Waals surface area contributed by atoms with E-state index in [0.29, 0.717) is 0 Å². The SMILES string of the molecule is CCCCOCCNCCN(C)C1CCCCC1. The van der Waals surface area contributed by atoms with Gasteiger partial charge in [0.2, 0.25) is 0 Å². The Bertz CT molecular complexity index is 181. The van der Waals surface area contributed by atoms with Crippen molar-refractivity contribution in [3.63, 3.8) is 0 Å². The minimum absolute atomic E-state index is 0.835. The fourth-order valence-electron chi connectivity index (χ4n) is 2.58. The van der Waals surface area contributed by atoms with E-state index in [2.05, 4.69) is 24.2 Å². The molecule has 1 saturated carbocycles. The van der Waals surface area contributed by atoms with Gasteiger partial charge in [-0.15, -0.1) is 0 Å². The van der Waals surface area contributed by atoms with Crippen LogP contribution in [-0.4, -0.2) is 50.8 Å². The number of hydrogen-bond donors (Lipinski definition) is 1. The normalized spacial score (nSPS) is 17.5. The molecule has 0 aromatic carbocycles. The molecule has 3 heteroatoms. The van der Waals surface area contributed by atoms with E-state index in [4.69, 9.17) is 4.74 Å². The van der Waals surface area contributed by atoms with Crippen LogP contribution in [0, 0.1) is 0 Å². The molecule has 0 heterocycles. The molecule has 18 heavy (non-hydrogen) atoms. The van der Waals surface area contributed by atoms with E-state index < -0.39 is 0 Å². The van der Waals surface area contributed by atoms with Crippen molar-refractivity contribution >= 4 is 0 Å². The quantitative estimate of drug-likeness (QED) is 0.608. The van der Waals surface area contributed by atoms with Gasteiger partial charge in [0.05, 0.1) is 6.61 Å². The van der Waals surface area contributed by atoms with E-state index in [-0.39, 0.29) is 0 Å². The maximum Gasteiger partial charge on any atom is 0.0590 e. The first-order valence-corrected chi connectivity index (χ1v) is 7.83. The number of hydrogen-bond acceptors (Lipinski definition) is 3. The number of nitrogens with one attached hydrogen (secondary N) is 1. The van der Waals surface area contributed by atoms with Crippen LogP contribution < -0.4 is 5.32 Å². The van der Waals surface area contributed by atoms with E-state index in [9.17, 15) is 0 Å². The summed E-state index contributed by atoms with van der Waals surface area (Å²) in [4.78, 5) is 2.53. The molecule has 1 aliphatic carbocycles. The highest BCUT2D eigenvalue weighted by Crippen LogP contribution is 2.20. The van der Waals surface area contributed by atoms with Crippen LogP contribution in [0.3, 0.4) is 0 Å². The molecule has 0 atom stereocenters. The van der Waals surface area contributed by atoms with Gasteiger partial charge in [0, 0.05) is 32.3 Å². The minimum atomic E-state index is 0.835. The molecule has 0 radical (unpaired) electrons. The lowest BCUT2D eigenvalue weighted by atomic mass is 9.94. The fraction of sp³-hybridized carbons (Fsp3) is 1.00. The van der Waals surface area contributed by atoms with Crippen LogP contribution in [-0.2, 0) is 4.74 Å². The standard InChI is InChI=1S/C15H32N2O/c1-3-4-13-18-14-11-16-10-12-17(2)15-8-6-5-7-9-15/h15-16H,3-14H2,1-2H3. The van der Waals surface area contributed by atoms with Gasteiger partial charge in [0.1, 0.15) is 0 Å². The summed E-state index contributed by atoms with van der Waals surface area (Å²) in [5.41, 5.74) is 0. The first-order chi connectivity index (χ1) is 8.84. The zero-order valence-corrected chi connectivity index (χ0v) is 12.4. The topological polar surface area (TPSA) is 24.5 Å². The van der Waals surface area contributed by atoms with E-state index in [1.54, 1.807) is 0 Å². The molecule has 0 aromatic rings. The summed E-state index contributed by atoms with van der Waals surface area (Å²) in [6.07, 6.45) is 9.50. The van der Waals surface area contributed by atoms with Crippen LogP contribution >= 0.6 is 0 Å². The Balaban J connectivity index is 1.87. The number of likely N-dealkylation sites (N-methyl/N-ethyl adjacent to an activating group) is 1. The predicted molar refractivity (Wildman–Crippen MR) is 78.1 cm³/mol. The second kappa shape index (κ2) is 10.8. The van der Waals surface area contributed by atoms with E-state index in [1.165, 1.54) is 51.5 Å². The van der Waals surface area contributed by atoms with Crippen molar-refractivity contribution in [2.24, 2.45) is 0 Å². The van der Waals surface area contributed by atoms with Crippen molar-refractivity contribution in [1.29, 1.82) is 0 Å². The molecule has 0 unspecified atom stereocenters. The van der Waals surface area contributed by atoms with Gasteiger partial charge in [0.15, 0.2) is 0 Å². The van der Waals surface area contributed by atoms with Crippen LogP contribution in [0.15, 0.2) is 0 Å². The lowest BCUT2D eigenvalue weighted by molar-refractivity contribution is 0.131. The van der Waals surface area contributed by atoms with Crippen LogP contribution in [0.2, 0.25) is 0 Å². The van der Waals surface area contributed by atoms with Gasteiger partial charge in [-0.05, 0) is 26.3 Å². The lowest BCUT2D eigenvalue weighted by Crippen LogP contribution is -2.38. The zero-order valence-electron chi connectivity index (χ0n) is 12.4. The Labute approximate surface area is 113 Å². The Morgan fingerprint density at radius 3 is 2.61 bits per heavy atom. The largest absolute Gasteiger partial charge is 0.380 e. The Hall–Kier alpha value is -0.120. The average Bonchev–Trinajstić information content (AvgIpc) is 2.42. The molecule has 0 amide bonds. The Morgan fingerprint density at radius 1 is 1.11 bits per heavy atom. The van der Waals surface area contributed by atoms with Gasteiger partial charge >= 0.3 is 0 Å². The second-order valence-electron chi connectivity index (χ2n) is 5.49. The summed E-state index contributed by atoms with van der Waals surface area (Å²) in [7, 11) is 2.27. The molecule has 0 aliphatic heterocycles. The predicted octanol–water partition coefficient (Wildman–Crippen LogP) is 2.66. The van der Waals surface area contributed by atoms with Gasteiger partial charge in [-0.25, -0.2) is 0 Å². The number of unbranched alkanes of at least 4 members (excludes halogenated alkanes) is 1. The van der Waals surface area contributed by atoms with Gasteiger partial charge in [0.25, 0.3) is 0 Å². The lowest BCUT2D eigenvalue weighted by Gasteiger charge is -2.31. The van der Waals surface area contributed by atoms with Crippen molar-refractivity contribution in [1.82, 2.24) is 10.2 Å². The number of nitrogens with zero attached hydrogens (tertiary/aromatic N) is 1. The van der Waals surface area contributed by atoms with Crippen molar-refractivity contribution in [3.8, 4) is 0 Å². The van der Waals surface area contributed by atoms with Crippen molar-refractivity contribution in [3.05, 3.63) is 0 Å². The summed E-state index contributed by atoms with van der Waals surface area (Å²) in [5.74, 6) is 0. The molecular formula is C15H32N2O. The molecule has 1 rings (SSSR count). The Morgan fingerprint density at radius 2 is 1.89 bits per heavy atom. The maximum absolute atomic E-state index is 5.52. The molecule has 3 nitrogen and oxygen atoms in total. The molecular weight excluding hydrogens is 224 g/mol. The third-order valence-corrected chi connectivity index (χ3v) is 3.90. The van der Waals surface area contributed by atoms with Crippen molar-refractivity contribution in [2.75, 3.05) is 39.9 Å². The summed E-state index contributed by atoms with van der Waals surface area (Å²) < 4.78 is 5.52. The highest BCUT2D eigenvalue weighted by Gasteiger charge is 2.16. The monoisotopic (exact) mass is 256 g/mol. The molecule has 0 aromatic heterocycles. The molecule has 1 fully saturated rings. The Kier molecular flexibility index (Phi) is 9.54.